The lowest BCUT2D eigenvalue weighted by Crippen LogP contribution is -2.15. The van der Waals surface area contributed by atoms with Crippen molar-refractivity contribution in [2.24, 2.45) is 5.73 Å². The second kappa shape index (κ2) is 5.95. The maximum absolute atomic E-state index is 5.99. The molecule has 0 aromatic heterocycles. The summed E-state index contributed by atoms with van der Waals surface area (Å²) in [4.78, 5) is 0. The van der Waals surface area contributed by atoms with Crippen LogP contribution in [0.25, 0.3) is 0 Å². The van der Waals surface area contributed by atoms with Crippen LogP contribution in [0.1, 0.15) is 12.5 Å². The molecule has 0 spiro atoms. The summed E-state index contributed by atoms with van der Waals surface area (Å²) in [5, 5.41) is 0.639. The molecule has 0 heterocycles. The van der Waals surface area contributed by atoms with Crippen molar-refractivity contribution in [3.63, 3.8) is 0 Å². The number of methoxy groups -OCH3 is 1. The Labute approximate surface area is 95.1 Å². The number of benzene rings is 1. The van der Waals surface area contributed by atoms with Crippen LogP contribution < -0.4 is 10.5 Å². The first-order valence-electron chi connectivity index (χ1n) is 4.81. The summed E-state index contributed by atoms with van der Waals surface area (Å²) < 4.78 is 10.6. The van der Waals surface area contributed by atoms with E-state index in [9.17, 15) is 0 Å². The zero-order chi connectivity index (χ0) is 11.3. The minimum absolute atomic E-state index is 0.0676. The third kappa shape index (κ3) is 3.70. The maximum atomic E-state index is 5.99. The van der Waals surface area contributed by atoms with Gasteiger partial charge in [0.05, 0.1) is 6.10 Å². The molecule has 1 rings (SSSR count). The van der Waals surface area contributed by atoms with Gasteiger partial charge in [-0.15, -0.1) is 0 Å². The Morgan fingerprint density at radius 1 is 1.47 bits per heavy atom. The van der Waals surface area contributed by atoms with Gasteiger partial charge in [0.25, 0.3) is 0 Å². The molecule has 15 heavy (non-hydrogen) atoms. The van der Waals surface area contributed by atoms with Crippen LogP contribution >= 0.6 is 11.6 Å². The molecule has 4 heteroatoms. The zero-order valence-electron chi connectivity index (χ0n) is 9.00. The number of hydrogen-bond donors (Lipinski definition) is 1. The van der Waals surface area contributed by atoms with E-state index in [0.29, 0.717) is 18.2 Å². The van der Waals surface area contributed by atoms with Crippen molar-refractivity contribution in [3.05, 3.63) is 28.8 Å². The molecular weight excluding hydrogens is 214 g/mol. The van der Waals surface area contributed by atoms with Crippen molar-refractivity contribution < 1.29 is 9.47 Å². The Hall–Kier alpha value is -0.770. The van der Waals surface area contributed by atoms with Gasteiger partial charge in [-0.1, -0.05) is 17.7 Å². The van der Waals surface area contributed by atoms with Crippen molar-refractivity contribution in [1.82, 2.24) is 0 Å². The molecule has 2 N–H and O–H groups in total. The van der Waals surface area contributed by atoms with E-state index in [1.807, 2.05) is 19.1 Å². The topological polar surface area (TPSA) is 44.5 Å². The third-order valence-electron chi connectivity index (χ3n) is 2.13. The second-order valence-corrected chi connectivity index (χ2v) is 3.72. The molecule has 0 aliphatic carbocycles. The molecule has 1 aromatic rings. The minimum Gasteiger partial charge on any atom is -0.491 e. The van der Waals surface area contributed by atoms with Gasteiger partial charge < -0.3 is 15.2 Å². The van der Waals surface area contributed by atoms with Crippen molar-refractivity contribution in [2.75, 3.05) is 13.7 Å². The van der Waals surface area contributed by atoms with Crippen molar-refractivity contribution in [2.45, 2.75) is 19.6 Å². The molecule has 0 radical (unpaired) electrons. The van der Waals surface area contributed by atoms with Crippen LogP contribution in [0.3, 0.4) is 0 Å². The average Bonchev–Trinajstić information content (AvgIpc) is 2.26. The van der Waals surface area contributed by atoms with Crippen LogP contribution in [0.2, 0.25) is 5.02 Å². The monoisotopic (exact) mass is 229 g/mol. The first kappa shape index (κ1) is 12.3. The fourth-order valence-corrected chi connectivity index (χ4v) is 1.31. The highest BCUT2D eigenvalue weighted by molar-refractivity contribution is 6.31. The molecule has 0 amide bonds. The van der Waals surface area contributed by atoms with E-state index in [4.69, 9.17) is 26.8 Å². The van der Waals surface area contributed by atoms with Gasteiger partial charge in [0.15, 0.2) is 0 Å². The van der Waals surface area contributed by atoms with E-state index in [1.165, 1.54) is 0 Å². The summed E-state index contributed by atoms with van der Waals surface area (Å²) >= 11 is 5.99. The largest absolute Gasteiger partial charge is 0.491 e. The molecular formula is C11H16ClNO2. The number of rotatable bonds is 5. The maximum Gasteiger partial charge on any atom is 0.120 e. The Kier molecular flexibility index (Phi) is 4.88. The fourth-order valence-electron chi connectivity index (χ4n) is 1.06. The van der Waals surface area contributed by atoms with E-state index >= 15 is 0 Å². The zero-order valence-corrected chi connectivity index (χ0v) is 9.75. The van der Waals surface area contributed by atoms with Gasteiger partial charge in [-0.05, 0) is 24.6 Å². The van der Waals surface area contributed by atoms with E-state index < -0.39 is 0 Å². The summed E-state index contributed by atoms with van der Waals surface area (Å²) in [5.41, 5.74) is 6.42. The molecule has 0 bridgehead atoms. The first-order valence-corrected chi connectivity index (χ1v) is 5.19. The van der Waals surface area contributed by atoms with Crippen LogP contribution in [0.4, 0.5) is 0 Å². The second-order valence-electron chi connectivity index (χ2n) is 3.31. The number of nitrogens with two attached hydrogens (primary N) is 1. The molecule has 1 unspecified atom stereocenters. The normalized spacial score (nSPS) is 12.5. The van der Waals surface area contributed by atoms with Gasteiger partial charge in [-0.2, -0.15) is 0 Å². The lowest BCUT2D eigenvalue weighted by atomic mass is 10.2. The van der Waals surface area contributed by atoms with Crippen LogP contribution in [-0.4, -0.2) is 19.8 Å². The van der Waals surface area contributed by atoms with E-state index in [1.54, 1.807) is 13.2 Å². The van der Waals surface area contributed by atoms with Gasteiger partial charge in [-0.3, -0.25) is 0 Å². The van der Waals surface area contributed by atoms with Crippen molar-refractivity contribution in [1.29, 1.82) is 0 Å². The van der Waals surface area contributed by atoms with Gasteiger partial charge in [0.2, 0.25) is 0 Å². The Morgan fingerprint density at radius 2 is 2.20 bits per heavy atom. The van der Waals surface area contributed by atoms with E-state index in [-0.39, 0.29) is 6.10 Å². The smallest absolute Gasteiger partial charge is 0.120 e. The van der Waals surface area contributed by atoms with Crippen molar-refractivity contribution in [3.8, 4) is 5.75 Å². The predicted octanol–water partition coefficient (Wildman–Crippen LogP) is 2.21. The van der Waals surface area contributed by atoms with Crippen LogP contribution in [0.15, 0.2) is 18.2 Å². The van der Waals surface area contributed by atoms with Crippen LogP contribution in [0, 0.1) is 0 Å². The average molecular weight is 230 g/mol. The lowest BCUT2D eigenvalue weighted by Gasteiger charge is -2.12. The van der Waals surface area contributed by atoms with Crippen molar-refractivity contribution >= 4 is 11.6 Å². The highest BCUT2D eigenvalue weighted by Crippen LogP contribution is 2.22. The fraction of sp³-hybridized carbons (Fsp3) is 0.455. The van der Waals surface area contributed by atoms with Crippen LogP contribution in [-0.2, 0) is 11.3 Å². The molecule has 0 aliphatic heterocycles. The highest BCUT2D eigenvalue weighted by Gasteiger charge is 2.03. The predicted molar refractivity (Wildman–Crippen MR) is 61.3 cm³/mol. The summed E-state index contributed by atoms with van der Waals surface area (Å²) in [6.07, 6.45) is 0.0676. The first-order chi connectivity index (χ1) is 7.17. The number of hydrogen-bond acceptors (Lipinski definition) is 3. The summed E-state index contributed by atoms with van der Waals surface area (Å²) in [5.74, 6) is 0.737. The lowest BCUT2D eigenvalue weighted by molar-refractivity contribution is 0.0716. The molecule has 0 fully saturated rings. The highest BCUT2D eigenvalue weighted by atomic mass is 35.5. The van der Waals surface area contributed by atoms with Gasteiger partial charge in [0, 0.05) is 18.7 Å². The molecule has 1 aromatic carbocycles. The SMILES string of the molecule is COC(C)COc1ccc(CN)c(Cl)c1. The molecule has 0 aliphatic rings. The van der Waals surface area contributed by atoms with E-state index in [2.05, 4.69) is 0 Å². The third-order valence-corrected chi connectivity index (χ3v) is 2.48. The molecule has 3 nitrogen and oxygen atoms in total. The van der Waals surface area contributed by atoms with Crippen LogP contribution in [0.5, 0.6) is 5.75 Å². The molecule has 1 atom stereocenters. The quantitative estimate of drug-likeness (QED) is 0.842. The Morgan fingerprint density at radius 3 is 2.73 bits per heavy atom. The van der Waals surface area contributed by atoms with Gasteiger partial charge in [0.1, 0.15) is 12.4 Å². The molecule has 0 saturated carbocycles. The Balaban J connectivity index is 2.59. The van der Waals surface area contributed by atoms with Gasteiger partial charge >= 0.3 is 0 Å². The summed E-state index contributed by atoms with van der Waals surface area (Å²) in [6.45, 7) is 2.89. The minimum atomic E-state index is 0.0676. The Bertz CT molecular complexity index is 317. The molecule has 84 valence electrons. The van der Waals surface area contributed by atoms with Gasteiger partial charge in [-0.25, -0.2) is 0 Å². The summed E-state index contributed by atoms with van der Waals surface area (Å²) in [7, 11) is 1.65. The summed E-state index contributed by atoms with van der Waals surface area (Å²) in [6, 6.07) is 5.50. The number of ether oxygens (including phenoxy) is 2. The number of halogens is 1. The van der Waals surface area contributed by atoms with E-state index in [0.717, 1.165) is 11.3 Å². The standard InChI is InChI=1S/C11H16ClNO2/c1-8(14-2)7-15-10-4-3-9(6-13)11(12)5-10/h3-5,8H,6-7,13H2,1-2H3. The molecule has 0 saturated heterocycles.